The second-order valence-electron chi connectivity index (χ2n) is 5.63. The van der Waals surface area contributed by atoms with Crippen molar-refractivity contribution in [3.8, 4) is 0 Å². The average molecular weight is 215 g/mol. The highest BCUT2D eigenvalue weighted by Crippen LogP contribution is 2.56. The van der Waals surface area contributed by atoms with E-state index in [-0.39, 0.29) is 0 Å². The van der Waals surface area contributed by atoms with Crippen LogP contribution in [0.25, 0.3) is 0 Å². The monoisotopic (exact) mass is 215 g/mol. The van der Waals surface area contributed by atoms with Crippen LogP contribution in [0.5, 0.6) is 0 Å². The minimum atomic E-state index is 0.737. The number of hydrogen-bond donors (Lipinski definition) is 1. The Morgan fingerprint density at radius 1 is 1.12 bits per heavy atom. The van der Waals surface area contributed by atoms with Crippen molar-refractivity contribution >= 4 is 0 Å². The van der Waals surface area contributed by atoms with Gasteiger partial charge in [0, 0.05) is 6.04 Å². The molecule has 0 radical (unpaired) electrons. The quantitative estimate of drug-likeness (QED) is 0.759. The summed E-state index contributed by atoms with van der Waals surface area (Å²) in [7, 11) is 2.11. The van der Waals surface area contributed by atoms with Crippen LogP contribution in [0, 0.1) is 11.8 Å². The fourth-order valence-corrected chi connectivity index (χ4v) is 4.16. The first kappa shape index (κ1) is 10.3. The maximum absolute atomic E-state index is 3.50. The van der Waals surface area contributed by atoms with E-state index in [9.17, 15) is 0 Å². The van der Waals surface area contributed by atoms with E-state index in [1.54, 1.807) is 11.1 Å². The van der Waals surface area contributed by atoms with Gasteiger partial charge in [-0.25, -0.2) is 0 Å². The molecule has 1 aromatic rings. The van der Waals surface area contributed by atoms with Gasteiger partial charge >= 0.3 is 0 Å². The fraction of sp³-hybridized carbons (Fsp3) is 0.600. The molecule has 0 heterocycles. The molecule has 3 rings (SSSR count). The van der Waals surface area contributed by atoms with Crippen molar-refractivity contribution in [2.75, 3.05) is 7.05 Å². The molecule has 1 aromatic carbocycles. The molecule has 1 fully saturated rings. The molecule has 16 heavy (non-hydrogen) atoms. The molecule has 1 saturated carbocycles. The maximum Gasteiger partial charge on any atom is 0.0130 e. The van der Waals surface area contributed by atoms with Gasteiger partial charge in [0.1, 0.15) is 0 Å². The van der Waals surface area contributed by atoms with Gasteiger partial charge in [-0.05, 0) is 48.3 Å². The third-order valence-corrected chi connectivity index (χ3v) is 4.90. The van der Waals surface area contributed by atoms with Gasteiger partial charge in [0.05, 0.1) is 0 Å². The van der Waals surface area contributed by atoms with Crippen molar-refractivity contribution in [2.24, 2.45) is 11.8 Å². The first-order chi connectivity index (χ1) is 7.74. The highest BCUT2D eigenvalue weighted by Gasteiger charge is 2.50. The van der Waals surface area contributed by atoms with Gasteiger partial charge in [-0.3, -0.25) is 0 Å². The van der Waals surface area contributed by atoms with Crippen molar-refractivity contribution in [3.05, 3.63) is 35.4 Å². The Morgan fingerprint density at radius 3 is 2.50 bits per heavy atom. The van der Waals surface area contributed by atoms with Gasteiger partial charge in [-0.2, -0.15) is 0 Å². The summed E-state index contributed by atoms with van der Waals surface area (Å²) >= 11 is 0. The first-order valence-corrected chi connectivity index (χ1v) is 6.50. The van der Waals surface area contributed by atoms with E-state index in [1.165, 1.54) is 6.42 Å². The normalized spacial score (nSPS) is 40.8. The van der Waals surface area contributed by atoms with Crippen LogP contribution >= 0.6 is 0 Å². The maximum atomic E-state index is 3.50. The molecule has 5 unspecified atom stereocenters. The SMILES string of the molecule is CNC1C(C)C2c3ccccc3C(C)CC12. The molecule has 0 spiro atoms. The lowest BCUT2D eigenvalue weighted by atomic mass is 9.52. The fourth-order valence-electron chi connectivity index (χ4n) is 4.16. The smallest absolute Gasteiger partial charge is 0.0130 e. The van der Waals surface area contributed by atoms with Crippen LogP contribution < -0.4 is 5.32 Å². The van der Waals surface area contributed by atoms with Crippen LogP contribution in [0.4, 0.5) is 0 Å². The van der Waals surface area contributed by atoms with Gasteiger partial charge in [-0.1, -0.05) is 38.1 Å². The van der Waals surface area contributed by atoms with E-state index in [2.05, 4.69) is 50.5 Å². The Bertz CT molecular complexity index is 398. The molecule has 1 N–H and O–H groups in total. The van der Waals surface area contributed by atoms with Crippen molar-refractivity contribution in [1.29, 1.82) is 0 Å². The van der Waals surface area contributed by atoms with Crippen LogP contribution in [-0.2, 0) is 0 Å². The highest BCUT2D eigenvalue weighted by molar-refractivity contribution is 5.39. The largest absolute Gasteiger partial charge is 0.316 e. The van der Waals surface area contributed by atoms with E-state index in [0.717, 1.165) is 29.7 Å². The summed E-state index contributed by atoms with van der Waals surface area (Å²) in [4.78, 5) is 0. The third-order valence-electron chi connectivity index (χ3n) is 4.90. The van der Waals surface area contributed by atoms with Gasteiger partial charge < -0.3 is 5.32 Å². The third kappa shape index (κ3) is 1.21. The van der Waals surface area contributed by atoms with E-state index in [1.807, 2.05) is 0 Å². The van der Waals surface area contributed by atoms with E-state index in [0.29, 0.717) is 0 Å². The summed E-state index contributed by atoms with van der Waals surface area (Å²) in [5, 5.41) is 3.50. The Kier molecular flexibility index (Phi) is 2.32. The van der Waals surface area contributed by atoms with Gasteiger partial charge in [-0.15, -0.1) is 0 Å². The number of benzene rings is 1. The first-order valence-electron chi connectivity index (χ1n) is 6.50. The zero-order valence-corrected chi connectivity index (χ0v) is 10.4. The molecular weight excluding hydrogens is 194 g/mol. The van der Waals surface area contributed by atoms with Crippen molar-refractivity contribution < 1.29 is 0 Å². The van der Waals surface area contributed by atoms with E-state index in [4.69, 9.17) is 0 Å². The lowest BCUT2D eigenvalue weighted by molar-refractivity contribution is 0.0648. The van der Waals surface area contributed by atoms with Crippen molar-refractivity contribution in [3.63, 3.8) is 0 Å². The molecule has 2 aliphatic carbocycles. The zero-order chi connectivity index (χ0) is 11.3. The van der Waals surface area contributed by atoms with Crippen LogP contribution in [-0.4, -0.2) is 13.1 Å². The minimum absolute atomic E-state index is 0.737. The summed E-state index contributed by atoms with van der Waals surface area (Å²) in [5.74, 6) is 3.21. The van der Waals surface area contributed by atoms with Crippen molar-refractivity contribution in [2.45, 2.75) is 38.1 Å². The van der Waals surface area contributed by atoms with E-state index < -0.39 is 0 Å². The standard InChI is InChI=1S/C15H21N/c1-9-8-13-14(10(2)15(13)16-3)12-7-5-4-6-11(9)12/h4-7,9-10,13-16H,8H2,1-3H3. The second kappa shape index (κ2) is 3.59. The van der Waals surface area contributed by atoms with Crippen LogP contribution in [0.1, 0.15) is 43.2 Å². The summed E-state index contributed by atoms with van der Waals surface area (Å²) in [5.41, 5.74) is 3.23. The summed E-state index contributed by atoms with van der Waals surface area (Å²) < 4.78 is 0. The number of hydrogen-bond acceptors (Lipinski definition) is 1. The Labute approximate surface area is 98.3 Å². The Balaban J connectivity index is 2.01. The lowest BCUT2D eigenvalue weighted by Crippen LogP contribution is -2.56. The van der Waals surface area contributed by atoms with Gasteiger partial charge in [0.25, 0.3) is 0 Å². The minimum Gasteiger partial charge on any atom is -0.316 e. The molecule has 0 bridgehead atoms. The van der Waals surface area contributed by atoms with Crippen LogP contribution in [0.3, 0.4) is 0 Å². The molecule has 86 valence electrons. The lowest BCUT2D eigenvalue weighted by Gasteiger charge is -2.55. The Hall–Kier alpha value is -0.820. The average Bonchev–Trinajstić information content (AvgIpc) is 2.29. The number of fused-ring (bicyclic) bond motifs is 3. The topological polar surface area (TPSA) is 12.0 Å². The molecule has 2 aliphatic rings. The molecular formula is C15H21N. The summed E-state index contributed by atoms with van der Waals surface area (Å²) in [6.07, 6.45) is 1.36. The molecule has 0 saturated heterocycles. The number of rotatable bonds is 1. The molecule has 0 aromatic heterocycles. The van der Waals surface area contributed by atoms with Crippen LogP contribution in [0.2, 0.25) is 0 Å². The molecule has 1 heteroatoms. The van der Waals surface area contributed by atoms with Gasteiger partial charge in [0.2, 0.25) is 0 Å². The molecule has 1 nitrogen and oxygen atoms in total. The van der Waals surface area contributed by atoms with E-state index >= 15 is 0 Å². The Morgan fingerprint density at radius 2 is 1.81 bits per heavy atom. The zero-order valence-electron chi connectivity index (χ0n) is 10.4. The molecule has 0 aliphatic heterocycles. The van der Waals surface area contributed by atoms with Crippen LogP contribution in [0.15, 0.2) is 24.3 Å². The van der Waals surface area contributed by atoms with Crippen molar-refractivity contribution in [1.82, 2.24) is 5.32 Å². The second-order valence-corrected chi connectivity index (χ2v) is 5.63. The molecule has 0 amide bonds. The predicted molar refractivity (Wildman–Crippen MR) is 67.7 cm³/mol. The highest BCUT2D eigenvalue weighted by atomic mass is 14.9. The van der Waals surface area contributed by atoms with Gasteiger partial charge in [0.15, 0.2) is 0 Å². The predicted octanol–water partition coefficient (Wildman–Crippen LogP) is 3.13. The summed E-state index contributed by atoms with van der Waals surface area (Å²) in [6.45, 7) is 4.78. The molecule has 5 atom stereocenters. The number of nitrogens with one attached hydrogen (secondary N) is 1. The summed E-state index contributed by atoms with van der Waals surface area (Å²) in [6, 6.07) is 9.81.